The van der Waals surface area contributed by atoms with Crippen molar-refractivity contribution in [1.82, 2.24) is 19.4 Å². The zero-order valence-electron chi connectivity index (χ0n) is 23.8. The number of benzene rings is 2. The van der Waals surface area contributed by atoms with Gasteiger partial charge in [-0.1, -0.05) is 0 Å². The number of carbonyl (C=O) groups excluding carboxylic acids is 2. The van der Waals surface area contributed by atoms with Crippen molar-refractivity contribution in [1.29, 1.82) is 0 Å². The first-order valence-electron chi connectivity index (χ1n) is 14.1. The highest BCUT2D eigenvalue weighted by molar-refractivity contribution is 7.89. The summed E-state index contributed by atoms with van der Waals surface area (Å²) in [6, 6.07) is 10.6. The molecular formula is C30H30F2N6O5S. The van der Waals surface area contributed by atoms with E-state index in [2.05, 4.69) is 32.4 Å². The molecule has 0 bridgehead atoms. The maximum absolute atomic E-state index is 13.8. The van der Waals surface area contributed by atoms with Crippen LogP contribution in [0, 0.1) is 11.6 Å². The lowest BCUT2D eigenvalue weighted by Gasteiger charge is -2.34. The Kier molecular flexibility index (Phi) is 8.05. The molecule has 2 aromatic heterocycles. The number of H-pyrrole nitrogens is 1. The van der Waals surface area contributed by atoms with E-state index in [0.717, 1.165) is 48.3 Å². The fraction of sp³-hybridized carbons (Fsp3) is 0.300. The maximum Gasteiger partial charge on any atom is 0.291 e. The third-order valence-electron chi connectivity index (χ3n) is 7.95. The van der Waals surface area contributed by atoms with Crippen LogP contribution in [-0.2, 0) is 29.4 Å². The summed E-state index contributed by atoms with van der Waals surface area (Å²) < 4.78 is 60.5. The highest BCUT2D eigenvalue weighted by Crippen LogP contribution is 2.30. The number of nitrogens with one attached hydrogen (secondary N) is 2. The summed E-state index contributed by atoms with van der Waals surface area (Å²) in [5.74, 6) is -2.75. The molecule has 4 heterocycles. The smallest absolute Gasteiger partial charge is 0.291 e. The normalized spacial score (nSPS) is 16.1. The number of amides is 1. The predicted octanol–water partition coefficient (Wildman–Crippen LogP) is 3.46. The molecule has 2 aliphatic rings. The number of nitrogens with zero attached hydrogens (tertiary/aromatic N) is 4. The second-order valence-electron chi connectivity index (χ2n) is 10.9. The maximum atomic E-state index is 13.8. The predicted molar refractivity (Wildman–Crippen MR) is 157 cm³/mol. The Morgan fingerprint density at radius 3 is 2.48 bits per heavy atom. The van der Waals surface area contributed by atoms with Gasteiger partial charge in [0, 0.05) is 74.3 Å². The van der Waals surface area contributed by atoms with Gasteiger partial charge in [-0.2, -0.15) is 9.40 Å². The van der Waals surface area contributed by atoms with Gasteiger partial charge in [0.25, 0.3) is 5.91 Å². The molecule has 44 heavy (non-hydrogen) atoms. The lowest BCUT2D eigenvalue weighted by molar-refractivity contribution is 0.0992. The number of hydrogen-bond donors (Lipinski definition) is 2. The zero-order valence-corrected chi connectivity index (χ0v) is 24.7. The molecular weight excluding hydrogens is 594 g/mol. The minimum atomic E-state index is -4.22. The van der Waals surface area contributed by atoms with Crippen LogP contribution in [0.25, 0.3) is 0 Å². The number of sulfonamides is 1. The largest absolute Gasteiger partial charge is 0.459 e. The molecule has 1 amide bonds. The fourth-order valence-electron chi connectivity index (χ4n) is 5.49. The molecule has 1 fully saturated rings. The fourth-order valence-corrected chi connectivity index (χ4v) is 6.94. The van der Waals surface area contributed by atoms with E-state index >= 15 is 0 Å². The number of piperazine rings is 1. The van der Waals surface area contributed by atoms with E-state index in [1.165, 1.54) is 12.3 Å². The molecule has 0 unspecified atom stereocenters. The van der Waals surface area contributed by atoms with Crippen LogP contribution in [0.5, 0.6) is 0 Å². The number of hydrogen-bond acceptors (Lipinski definition) is 8. The number of aromatic nitrogens is 2. The van der Waals surface area contributed by atoms with Crippen molar-refractivity contribution in [2.45, 2.75) is 24.3 Å². The SMILES string of the molecule is CN1CCN(c2ccc(C(=O)Cc3n[nH]c4c3CN(S(=O)(=O)c3cc(F)cc(F)c3)CC4)c(NC(=O)c3ccco3)c2)CC1. The van der Waals surface area contributed by atoms with Crippen molar-refractivity contribution in [3.63, 3.8) is 0 Å². The van der Waals surface area contributed by atoms with E-state index in [-0.39, 0.29) is 43.0 Å². The van der Waals surface area contributed by atoms with Crippen molar-refractivity contribution in [3.8, 4) is 0 Å². The van der Waals surface area contributed by atoms with E-state index in [1.54, 1.807) is 18.2 Å². The summed E-state index contributed by atoms with van der Waals surface area (Å²) in [4.78, 5) is 30.6. The molecule has 0 radical (unpaired) electrons. The molecule has 11 nitrogen and oxygen atoms in total. The Hall–Kier alpha value is -4.40. The topological polar surface area (TPSA) is 132 Å². The van der Waals surface area contributed by atoms with Crippen LogP contribution in [0.2, 0.25) is 0 Å². The number of halogens is 2. The van der Waals surface area contributed by atoms with E-state index in [9.17, 15) is 26.8 Å². The van der Waals surface area contributed by atoms with Gasteiger partial charge in [-0.05, 0) is 49.5 Å². The summed E-state index contributed by atoms with van der Waals surface area (Å²) in [5.41, 5.74) is 2.99. The summed E-state index contributed by atoms with van der Waals surface area (Å²) in [6.45, 7) is 3.27. The molecule has 2 aliphatic heterocycles. The number of ketones is 1. The van der Waals surface area contributed by atoms with Gasteiger partial charge in [-0.25, -0.2) is 17.2 Å². The first-order chi connectivity index (χ1) is 21.1. The highest BCUT2D eigenvalue weighted by Gasteiger charge is 2.32. The van der Waals surface area contributed by atoms with E-state index in [1.807, 2.05) is 6.07 Å². The number of fused-ring (bicyclic) bond motifs is 1. The molecule has 14 heteroatoms. The number of likely N-dealkylation sites (N-methyl/N-ethyl adjacent to an activating group) is 1. The molecule has 4 aromatic rings. The molecule has 2 aromatic carbocycles. The van der Waals surface area contributed by atoms with Gasteiger partial charge in [-0.15, -0.1) is 0 Å². The van der Waals surface area contributed by atoms with Crippen LogP contribution in [-0.4, -0.2) is 79.3 Å². The summed E-state index contributed by atoms with van der Waals surface area (Å²) in [6.07, 6.45) is 1.49. The van der Waals surface area contributed by atoms with Crippen molar-refractivity contribution in [2.24, 2.45) is 0 Å². The molecule has 0 saturated carbocycles. The number of anilines is 2. The molecule has 0 aliphatic carbocycles. The standard InChI is InChI=1S/C30H30F2N6O5S/c1-36-8-10-37(11-9-36)21-4-5-23(26(16-21)33-30(40)29-3-2-12-43-29)28(39)17-27-24-18-38(7-6-25(24)34-35-27)44(41,42)22-14-19(31)13-20(32)15-22/h2-5,12-16H,6-11,17-18H2,1H3,(H,33,40)(H,34,35). The van der Waals surface area contributed by atoms with Crippen LogP contribution in [0.1, 0.15) is 37.9 Å². The molecule has 2 N–H and O–H groups in total. The summed E-state index contributed by atoms with van der Waals surface area (Å²) in [5, 5.41) is 10.0. The van der Waals surface area contributed by atoms with Gasteiger partial charge in [0.15, 0.2) is 11.5 Å². The average molecular weight is 625 g/mol. The molecule has 1 saturated heterocycles. The van der Waals surface area contributed by atoms with Crippen LogP contribution in [0.4, 0.5) is 20.2 Å². The quantitative estimate of drug-likeness (QED) is 0.285. The molecule has 6 rings (SSSR count). The van der Waals surface area contributed by atoms with Gasteiger partial charge < -0.3 is 19.5 Å². The van der Waals surface area contributed by atoms with Gasteiger partial charge >= 0.3 is 0 Å². The highest BCUT2D eigenvalue weighted by atomic mass is 32.2. The Balaban J connectivity index is 1.26. The Morgan fingerprint density at radius 2 is 1.77 bits per heavy atom. The third kappa shape index (κ3) is 6.00. The van der Waals surface area contributed by atoms with Crippen LogP contribution in [0.15, 0.2) is 64.1 Å². The van der Waals surface area contributed by atoms with Crippen molar-refractivity contribution in [2.75, 3.05) is 50.0 Å². The van der Waals surface area contributed by atoms with E-state index in [4.69, 9.17) is 4.42 Å². The van der Waals surface area contributed by atoms with Gasteiger partial charge in [0.05, 0.1) is 29.0 Å². The van der Waals surface area contributed by atoms with E-state index < -0.39 is 32.5 Å². The lowest BCUT2D eigenvalue weighted by Crippen LogP contribution is -2.44. The van der Waals surface area contributed by atoms with Crippen molar-refractivity contribution >= 4 is 33.1 Å². The number of Topliss-reactive ketones (excluding diaryl/α,β-unsaturated/α-hetero) is 1. The van der Waals surface area contributed by atoms with Gasteiger partial charge in [0.1, 0.15) is 11.6 Å². The summed E-state index contributed by atoms with van der Waals surface area (Å²) in [7, 11) is -2.17. The third-order valence-corrected chi connectivity index (χ3v) is 9.77. The van der Waals surface area contributed by atoms with Crippen molar-refractivity contribution in [3.05, 3.63) is 94.7 Å². The number of carbonyl (C=O) groups is 2. The molecule has 0 atom stereocenters. The zero-order chi connectivity index (χ0) is 31.0. The molecule has 230 valence electrons. The second-order valence-corrected chi connectivity index (χ2v) is 12.8. The number of furan rings is 1. The minimum absolute atomic E-state index is 0.0692. The Morgan fingerprint density at radius 1 is 1.02 bits per heavy atom. The van der Waals surface area contributed by atoms with Crippen molar-refractivity contribution < 1.29 is 31.2 Å². The van der Waals surface area contributed by atoms with Gasteiger partial charge in [-0.3, -0.25) is 14.7 Å². The first kappa shape index (κ1) is 29.7. The number of aromatic amines is 1. The molecule has 0 spiro atoms. The van der Waals surface area contributed by atoms with E-state index in [0.29, 0.717) is 28.7 Å². The Labute approximate surface area is 252 Å². The lowest BCUT2D eigenvalue weighted by atomic mass is 9.99. The number of rotatable bonds is 8. The van der Waals surface area contributed by atoms with Crippen LogP contribution >= 0.6 is 0 Å². The van der Waals surface area contributed by atoms with Crippen LogP contribution in [0.3, 0.4) is 0 Å². The average Bonchev–Trinajstić information content (AvgIpc) is 3.68. The second kappa shape index (κ2) is 11.9. The first-order valence-corrected chi connectivity index (χ1v) is 15.5. The monoisotopic (exact) mass is 624 g/mol. The minimum Gasteiger partial charge on any atom is -0.459 e. The van der Waals surface area contributed by atoms with Crippen LogP contribution < -0.4 is 10.2 Å². The van der Waals surface area contributed by atoms with Gasteiger partial charge in [0.2, 0.25) is 10.0 Å². The summed E-state index contributed by atoms with van der Waals surface area (Å²) >= 11 is 0. The Bertz CT molecular complexity index is 1800.